The lowest BCUT2D eigenvalue weighted by Gasteiger charge is -2.15. The van der Waals surface area contributed by atoms with Crippen molar-refractivity contribution in [2.45, 2.75) is 25.7 Å². The minimum Gasteiger partial charge on any atom is -0.478 e. The zero-order chi connectivity index (χ0) is 41.6. The normalized spacial score (nSPS) is 10.6. The number of ether oxygens (including phenoxy) is 6. The molecule has 0 bridgehead atoms. The lowest BCUT2D eigenvalue weighted by atomic mass is 9.89. The highest BCUT2D eigenvalue weighted by atomic mass is 16.7. The number of hydrogen-bond acceptors (Lipinski definition) is 12. The fourth-order valence-electron chi connectivity index (χ4n) is 5.96. The highest BCUT2D eigenvalue weighted by molar-refractivity contribution is 6.10. The van der Waals surface area contributed by atoms with Gasteiger partial charge in [0.25, 0.3) is 0 Å². The van der Waals surface area contributed by atoms with Crippen LogP contribution in [0.4, 0.5) is 9.59 Å². The van der Waals surface area contributed by atoms with E-state index in [0.29, 0.717) is 69.5 Å². The average Bonchev–Trinajstić information content (AvgIpc) is 3.22. The molecule has 58 heavy (non-hydrogen) atoms. The Morgan fingerprint density at radius 3 is 1.19 bits per heavy atom. The summed E-state index contributed by atoms with van der Waals surface area (Å²) in [5.41, 5.74) is 1.88. The maximum Gasteiger partial charge on any atom is 0.513 e. The van der Waals surface area contributed by atoms with E-state index < -0.39 is 36.2 Å². The van der Waals surface area contributed by atoms with Crippen LogP contribution in [0.5, 0.6) is 11.5 Å². The van der Waals surface area contributed by atoms with Crippen LogP contribution in [0.2, 0.25) is 0 Å². The number of unbranched alkanes of at least 4 members (excludes halogenated alkanes) is 2. The van der Waals surface area contributed by atoms with E-state index in [1.165, 1.54) is 24.3 Å². The molecular formula is C44H38O14. The fraction of sp³-hybridized carbons (Fsp3) is 0.182. The summed E-state index contributed by atoms with van der Waals surface area (Å²) < 4.78 is 30.6. The number of carbonyl (C=O) groups excluding carboxylic acids is 4. The van der Waals surface area contributed by atoms with Crippen molar-refractivity contribution < 1.29 is 67.4 Å². The first-order valence-corrected chi connectivity index (χ1v) is 18.0. The van der Waals surface area contributed by atoms with Crippen molar-refractivity contribution in [2.75, 3.05) is 26.4 Å². The van der Waals surface area contributed by atoms with Crippen LogP contribution in [0.15, 0.2) is 110 Å². The third-order valence-electron chi connectivity index (χ3n) is 8.65. The van der Waals surface area contributed by atoms with Crippen molar-refractivity contribution in [1.29, 1.82) is 0 Å². The summed E-state index contributed by atoms with van der Waals surface area (Å²) >= 11 is 0. The van der Waals surface area contributed by atoms with Crippen molar-refractivity contribution in [3.63, 3.8) is 0 Å². The third-order valence-corrected chi connectivity index (χ3v) is 8.65. The van der Waals surface area contributed by atoms with Crippen molar-refractivity contribution in [3.8, 4) is 33.8 Å². The Kier molecular flexibility index (Phi) is 14.3. The molecule has 0 fully saturated rings. The van der Waals surface area contributed by atoms with Gasteiger partial charge in [-0.05, 0) is 94.8 Å². The van der Waals surface area contributed by atoms with Crippen LogP contribution in [0.3, 0.4) is 0 Å². The molecule has 0 heterocycles. The van der Waals surface area contributed by atoms with E-state index in [1.54, 1.807) is 60.7 Å². The summed E-state index contributed by atoms with van der Waals surface area (Å²) in [5, 5.41) is 22.5. The van der Waals surface area contributed by atoms with Gasteiger partial charge >= 0.3 is 36.2 Å². The Bertz CT molecular complexity index is 2210. The first-order chi connectivity index (χ1) is 28.0. The van der Waals surface area contributed by atoms with Crippen LogP contribution in [-0.4, -0.2) is 72.8 Å². The van der Waals surface area contributed by atoms with Gasteiger partial charge in [-0.3, -0.25) is 0 Å². The molecule has 5 aromatic rings. The van der Waals surface area contributed by atoms with E-state index in [4.69, 9.17) is 28.4 Å². The molecule has 5 rings (SSSR count). The van der Waals surface area contributed by atoms with Gasteiger partial charge in [0.2, 0.25) is 0 Å². The molecule has 0 spiro atoms. The second kappa shape index (κ2) is 19.9. The second-order valence-electron chi connectivity index (χ2n) is 12.5. The fourth-order valence-corrected chi connectivity index (χ4v) is 5.96. The Labute approximate surface area is 331 Å². The number of carbonyl (C=O) groups is 6. The number of benzene rings is 5. The number of carboxylic acid groups (broad SMARTS) is 2. The molecule has 2 N–H and O–H groups in total. The third kappa shape index (κ3) is 10.8. The van der Waals surface area contributed by atoms with Gasteiger partial charge in [-0.1, -0.05) is 61.7 Å². The molecule has 5 aromatic carbocycles. The lowest BCUT2D eigenvalue weighted by Crippen LogP contribution is -2.12. The Morgan fingerprint density at radius 2 is 0.845 bits per heavy atom. The smallest absolute Gasteiger partial charge is 0.478 e. The van der Waals surface area contributed by atoms with Crippen LogP contribution in [0.1, 0.15) is 46.4 Å². The van der Waals surface area contributed by atoms with Gasteiger partial charge in [-0.2, -0.15) is 0 Å². The quantitative estimate of drug-likeness (QED) is 0.0281. The van der Waals surface area contributed by atoms with Gasteiger partial charge in [-0.15, -0.1) is 0 Å². The summed E-state index contributed by atoms with van der Waals surface area (Å²) in [4.78, 5) is 71.6. The van der Waals surface area contributed by atoms with Crippen LogP contribution >= 0.6 is 0 Å². The Balaban J connectivity index is 1.33. The summed E-state index contributed by atoms with van der Waals surface area (Å²) in [6.45, 7) is 7.03. The number of aromatic carboxylic acids is 2. The van der Waals surface area contributed by atoms with Gasteiger partial charge in [-0.25, -0.2) is 28.8 Å². The maximum absolute atomic E-state index is 12.4. The van der Waals surface area contributed by atoms with E-state index >= 15 is 0 Å². The molecule has 0 radical (unpaired) electrons. The molecule has 298 valence electrons. The summed E-state index contributed by atoms with van der Waals surface area (Å²) in [7, 11) is 0. The van der Waals surface area contributed by atoms with Crippen LogP contribution in [-0.2, 0) is 28.5 Å². The van der Waals surface area contributed by atoms with Gasteiger partial charge in [0, 0.05) is 23.3 Å². The molecule has 0 saturated heterocycles. The predicted octanol–water partition coefficient (Wildman–Crippen LogP) is 8.77. The zero-order valence-electron chi connectivity index (χ0n) is 31.1. The largest absolute Gasteiger partial charge is 0.513 e. The van der Waals surface area contributed by atoms with Crippen molar-refractivity contribution in [3.05, 3.63) is 121 Å². The summed E-state index contributed by atoms with van der Waals surface area (Å²) in [5.74, 6) is -3.06. The Morgan fingerprint density at radius 1 is 0.483 bits per heavy atom. The first-order valence-electron chi connectivity index (χ1n) is 18.0. The Hall–Kier alpha value is -7.48. The molecule has 0 saturated carbocycles. The molecule has 0 aliphatic rings. The molecule has 14 heteroatoms. The molecule has 14 nitrogen and oxygen atoms in total. The second-order valence-corrected chi connectivity index (χ2v) is 12.5. The molecule has 0 aromatic heterocycles. The van der Waals surface area contributed by atoms with Crippen LogP contribution in [0.25, 0.3) is 43.8 Å². The number of esters is 2. The van der Waals surface area contributed by atoms with Gasteiger partial charge < -0.3 is 38.6 Å². The minimum absolute atomic E-state index is 0.0172. The van der Waals surface area contributed by atoms with Gasteiger partial charge in [0.15, 0.2) is 0 Å². The van der Waals surface area contributed by atoms with Crippen LogP contribution in [0, 0.1) is 0 Å². The molecule has 0 atom stereocenters. The highest BCUT2D eigenvalue weighted by Crippen LogP contribution is 2.38. The first kappa shape index (κ1) is 41.7. The van der Waals surface area contributed by atoms with E-state index in [2.05, 4.69) is 13.2 Å². The molecule has 0 amide bonds. The van der Waals surface area contributed by atoms with Crippen LogP contribution < -0.4 is 9.47 Å². The molecule has 0 unspecified atom stereocenters. The molecular weight excluding hydrogens is 752 g/mol. The van der Waals surface area contributed by atoms with Crippen molar-refractivity contribution in [1.82, 2.24) is 0 Å². The SMILES string of the molecule is C=CC(=O)OCCCCOC(=O)Oc1ccc2c(-c3ccc(-c4c(C(=O)O)ccc5cc(OC(=O)OCCCCOC(=O)C=C)ccc45)cc3)c(C(=O)O)ccc2c1. The standard InChI is InChI=1S/C44H38O14/c1-3-37(45)53-21-5-7-23-55-43(51)57-31-15-19-33-29(25-31)13-17-35(41(47)48)39(33)27-9-11-28(12-10-27)40-34-20-16-32(26-30(34)14-18-36(40)42(49)50)58-44(52)56-24-8-6-22-54-38(46)4-2/h3-4,9-20,25-26H,1-2,5-8,21-24H2,(H,47,48)(H,49,50). The predicted molar refractivity (Wildman–Crippen MR) is 211 cm³/mol. The van der Waals surface area contributed by atoms with Crippen molar-refractivity contribution >= 4 is 57.7 Å². The van der Waals surface area contributed by atoms with Gasteiger partial charge in [0.1, 0.15) is 11.5 Å². The van der Waals surface area contributed by atoms with E-state index in [-0.39, 0.29) is 49.1 Å². The van der Waals surface area contributed by atoms with Crippen molar-refractivity contribution in [2.24, 2.45) is 0 Å². The van der Waals surface area contributed by atoms with E-state index in [1.807, 2.05) is 0 Å². The highest BCUT2D eigenvalue weighted by Gasteiger charge is 2.20. The number of fused-ring (bicyclic) bond motifs is 2. The van der Waals surface area contributed by atoms with E-state index in [9.17, 15) is 39.0 Å². The summed E-state index contributed by atoms with van der Waals surface area (Å²) in [6, 6.07) is 22.3. The summed E-state index contributed by atoms with van der Waals surface area (Å²) in [6.07, 6.45) is 2.06. The molecule has 0 aliphatic carbocycles. The topological polar surface area (TPSA) is 198 Å². The monoisotopic (exact) mass is 790 g/mol. The zero-order valence-corrected chi connectivity index (χ0v) is 31.1. The number of carboxylic acids is 2. The molecule has 0 aliphatic heterocycles. The minimum atomic E-state index is -1.17. The van der Waals surface area contributed by atoms with E-state index in [0.717, 1.165) is 12.2 Å². The number of rotatable bonds is 18. The van der Waals surface area contributed by atoms with Gasteiger partial charge in [0.05, 0.1) is 37.6 Å². The lowest BCUT2D eigenvalue weighted by molar-refractivity contribution is -0.138. The number of hydrogen-bond donors (Lipinski definition) is 2. The maximum atomic E-state index is 12.4. The average molecular weight is 791 g/mol.